The fourth-order valence-corrected chi connectivity index (χ4v) is 3.03. The van der Waals surface area contributed by atoms with Gasteiger partial charge in [0.25, 0.3) is 0 Å². The molecule has 1 aromatic carbocycles. The Morgan fingerprint density at radius 1 is 1.30 bits per heavy atom. The van der Waals surface area contributed by atoms with E-state index in [4.69, 9.17) is 5.11 Å². The maximum absolute atomic E-state index is 11.8. The van der Waals surface area contributed by atoms with Crippen LogP contribution in [0.2, 0.25) is 0 Å². The molecule has 0 radical (unpaired) electrons. The van der Waals surface area contributed by atoms with Crippen LogP contribution < -0.4 is 5.32 Å². The summed E-state index contributed by atoms with van der Waals surface area (Å²) in [5, 5.41) is 11.6. The fraction of sp³-hybridized carbons (Fsp3) is 0.467. The van der Waals surface area contributed by atoms with E-state index in [1.807, 2.05) is 0 Å². The van der Waals surface area contributed by atoms with Gasteiger partial charge in [-0.1, -0.05) is 19.1 Å². The van der Waals surface area contributed by atoms with Crippen LogP contribution in [0.25, 0.3) is 0 Å². The first-order chi connectivity index (χ1) is 10.7. The van der Waals surface area contributed by atoms with E-state index in [9.17, 15) is 18.0 Å². The van der Waals surface area contributed by atoms with Crippen molar-refractivity contribution in [3.63, 3.8) is 0 Å². The van der Waals surface area contributed by atoms with Crippen LogP contribution in [0.1, 0.15) is 29.3 Å². The van der Waals surface area contributed by atoms with Crippen molar-refractivity contribution in [3.05, 3.63) is 35.4 Å². The predicted molar refractivity (Wildman–Crippen MR) is 86.8 cm³/mol. The minimum atomic E-state index is -3.21. The zero-order chi connectivity index (χ0) is 17.5. The number of nitrogens with one attached hydrogen (secondary N) is 1. The first-order valence-corrected chi connectivity index (χ1v) is 9.13. The molecular formula is C15H22N2O5S. The zero-order valence-corrected chi connectivity index (χ0v) is 14.1. The molecule has 0 aliphatic carbocycles. The Labute approximate surface area is 136 Å². The number of benzene rings is 1. The molecule has 0 spiro atoms. The standard InChI is InChI=1S/C15H22N2O5S/c1-3-17(23(2,21)22)9-5-8-16-14(18)11-12-6-4-7-13(10-12)15(19)20/h4,6-7,10H,3,5,8-9,11H2,1-2H3,(H,16,18)(H,19,20). The second-order valence-corrected chi connectivity index (χ2v) is 7.12. The monoisotopic (exact) mass is 342 g/mol. The van der Waals surface area contributed by atoms with E-state index in [1.165, 1.54) is 16.4 Å². The normalized spacial score (nSPS) is 11.4. The highest BCUT2D eigenvalue weighted by Crippen LogP contribution is 2.06. The van der Waals surface area contributed by atoms with E-state index in [0.29, 0.717) is 31.6 Å². The van der Waals surface area contributed by atoms with E-state index in [0.717, 1.165) is 6.26 Å². The molecule has 1 rings (SSSR count). The minimum Gasteiger partial charge on any atom is -0.478 e. The van der Waals surface area contributed by atoms with Gasteiger partial charge < -0.3 is 10.4 Å². The molecule has 23 heavy (non-hydrogen) atoms. The Kier molecular flexibility index (Phi) is 7.18. The predicted octanol–water partition coefficient (Wildman–Crippen LogP) is 0.715. The van der Waals surface area contributed by atoms with Gasteiger partial charge in [-0.2, -0.15) is 0 Å². The van der Waals surface area contributed by atoms with Crippen LogP contribution in [-0.4, -0.2) is 55.6 Å². The van der Waals surface area contributed by atoms with Crippen molar-refractivity contribution in [2.75, 3.05) is 25.9 Å². The molecule has 0 bridgehead atoms. The summed E-state index contributed by atoms with van der Waals surface area (Å²) in [5.41, 5.74) is 0.760. The Balaban J connectivity index is 2.40. The number of carbonyl (C=O) groups excluding carboxylic acids is 1. The van der Waals surface area contributed by atoms with Crippen LogP contribution >= 0.6 is 0 Å². The highest BCUT2D eigenvalue weighted by Gasteiger charge is 2.13. The lowest BCUT2D eigenvalue weighted by molar-refractivity contribution is -0.120. The Morgan fingerprint density at radius 2 is 2.00 bits per heavy atom. The Morgan fingerprint density at radius 3 is 2.57 bits per heavy atom. The summed E-state index contributed by atoms with van der Waals surface area (Å²) in [6.07, 6.45) is 1.76. The number of rotatable bonds is 9. The van der Waals surface area contributed by atoms with E-state index >= 15 is 0 Å². The molecule has 0 saturated carbocycles. The summed E-state index contributed by atoms with van der Waals surface area (Å²) in [4.78, 5) is 22.7. The quantitative estimate of drug-likeness (QED) is 0.644. The molecule has 1 amide bonds. The highest BCUT2D eigenvalue weighted by atomic mass is 32.2. The van der Waals surface area contributed by atoms with Crippen LogP contribution in [0, 0.1) is 0 Å². The molecule has 0 aliphatic rings. The van der Waals surface area contributed by atoms with Gasteiger partial charge in [-0.3, -0.25) is 4.79 Å². The first kappa shape index (κ1) is 19.1. The highest BCUT2D eigenvalue weighted by molar-refractivity contribution is 7.88. The van der Waals surface area contributed by atoms with Gasteiger partial charge in [0.1, 0.15) is 0 Å². The molecule has 0 saturated heterocycles. The number of carboxylic acid groups (broad SMARTS) is 1. The number of carboxylic acids is 1. The lowest BCUT2D eigenvalue weighted by Gasteiger charge is -2.17. The van der Waals surface area contributed by atoms with Crippen LogP contribution in [0.5, 0.6) is 0 Å². The molecule has 128 valence electrons. The molecule has 0 heterocycles. The maximum Gasteiger partial charge on any atom is 0.335 e. The van der Waals surface area contributed by atoms with Crippen molar-refractivity contribution in [2.45, 2.75) is 19.8 Å². The summed E-state index contributed by atoms with van der Waals surface area (Å²) >= 11 is 0. The molecule has 2 N–H and O–H groups in total. The molecule has 7 nitrogen and oxygen atoms in total. The number of hydrogen-bond donors (Lipinski definition) is 2. The van der Waals surface area contributed by atoms with Gasteiger partial charge in [-0.25, -0.2) is 17.5 Å². The van der Waals surface area contributed by atoms with Gasteiger partial charge in [0.05, 0.1) is 18.2 Å². The van der Waals surface area contributed by atoms with Crippen LogP contribution in [0.15, 0.2) is 24.3 Å². The summed E-state index contributed by atoms with van der Waals surface area (Å²) < 4.78 is 24.2. The smallest absolute Gasteiger partial charge is 0.335 e. The first-order valence-electron chi connectivity index (χ1n) is 7.28. The average Bonchev–Trinajstić information content (AvgIpc) is 2.46. The molecular weight excluding hydrogens is 320 g/mol. The van der Waals surface area contributed by atoms with Gasteiger partial charge >= 0.3 is 5.97 Å². The van der Waals surface area contributed by atoms with Crippen LogP contribution in [0.4, 0.5) is 0 Å². The van der Waals surface area contributed by atoms with Crippen LogP contribution in [-0.2, 0) is 21.2 Å². The van der Waals surface area contributed by atoms with Crippen molar-refractivity contribution in [1.29, 1.82) is 0 Å². The Bertz CT molecular complexity index is 658. The van der Waals surface area contributed by atoms with Crippen molar-refractivity contribution in [2.24, 2.45) is 0 Å². The number of amides is 1. The van der Waals surface area contributed by atoms with Gasteiger partial charge in [-0.15, -0.1) is 0 Å². The van der Waals surface area contributed by atoms with E-state index in [1.54, 1.807) is 19.1 Å². The molecule has 0 unspecified atom stereocenters. The molecule has 0 atom stereocenters. The molecule has 1 aromatic rings. The van der Waals surface area contributed by atoms with E-state index < -0.39 is 16.0 Å². The summed E-state index contributed by atoms with van der Waals surface area (Å²) in [6.45, 7) is 2.87. The third kappa shape index (κ3) is 6.79. The maximum atomic E-state index is 11.8. The molecule has 0 fully saturated rings. The fourth-order valence-electron chi connectivity index (χ4n) is 2.10. The van der Waals surface area contributed by atoms with Crippen molar-refractivity contribution in [1.82, 2.24) is 9.62 Å². The topological polar surface area (TPSA) is 104 Å². The second-order valence-electron chi connectivity index (χ2n) is 5.14. The third-order valence-electron chi connectivity index (χ3n) is 3.27. The lowest BCUT2D eigenvalue weighted by Crippen LogP contribution is -2.33. The largest absolute Gasteiger partial charge is 0.478 e. The van der Waals surface area contributed by atoms with Gasteiger partial charge in [0, 0.05) is 19.6 Å². The summed E-state index contributed by atoms with van der Waals surface area (Å²) in [6, 6.07) is 6.21. The van der Waals surface area contributed by atoms with Crippen molar-refractivity contribution in [3.8, 4) is 0 Å². The van der Waals surface area contributed by atoms with Gasteiger partial charge in [0.15, 0.2) is 0 Å². The Hall–Kier alpha value is -1.93. The van der Waals surface area contributed by atoms with Crippen molar-refractivity contribution < 1.29 is 23.1 Å². The van der Waals surface area contributed by atoms with E-state index in [-0.39, 0.29) is 17.9 Å². The number of carbonyl (C=O) groups is 2. The number of sulfonamides is 1. The second kappa shape index (κ2) is 8.64. The molecule has 0 aromatic heterocycles. The third-order valence-corrected chi connectivity index (χ3v) is 4.65. The summed E-state index contributed by atoms with van der Waals surface area (Å²) in [7, 11) is -3.21. The number of hydrogen-bond acceptors (Lipinski definition) is 4. The molecule has 8 heteroatoms. The number of nitrogens with zero attached hydrogens (tertiary/aromatic N) is 1. The lowest BCUT2D eigenvalue weighted by atomic mass is 10.1. The van der Waals surface area contributed by atoms with Gasteiger partial charge in [0.2, 0.25) is 15.9 Å². The zero-order valence-electron chi connectivity index (χ0n) is 13.3. The number of aromatic carboxylic acids is 1. The van der Waals surface area contributed by atoms with Gasteiger partial charge in [-0.05, 0) is 24.1 Å². The van der Waals surface area contributed by atoms with E-state index in [2.05, 4.69) is 5.32 Å². The van der Waals surface area contributed by atoms with Crippen LogP contribution in [0.3, 0.4) is 0 Å². The van der Waals surface area contributed by atoms with Crippen molar-refractivity contribution >= 4 is 21.9 Å². The average molecular weight is 342 g/mol. The SMILES string of the molecule is CCN(CCCNC(=O)Cc1cccc(C(=O)O)c1)S(C)(=O)=O. The minimum absolute atomic E-state index is 0.0880. The molecule has 0 aliphatic heterocycles. The summed E-state index contributed by atoms with van der Waals surface area (Å²) in [5.74, 6) is -1.26.